The summed E-state index contributed by atoms with van der Waals surface area (Å²) in [6.45, 7) is 19.1. The molecule has 0 aliphatic rings. The van der Waals surface area contributed by atoms with E-state index in [0.717, 1.165) is 58.9 Å². The van der Waals surface area contributed by atoms with Gasteiger partial charge >= 0.3 is 0 Å². The number of thiol groups is 1. The van der Waals surface area contributed by atoms with Crippen LogP contribution in [0.2, 0.25) is 0 Å². The fraction of sp³-hybridized carbons (Fsp3) is 0.238. The van der Waals surface area contributed by atoms with Gasteiger partial charge in [0.1, 0.15) is 0 Å². The Balaban J connectivity index is 2.54. The highest BCUT2D eigenvalue weighted by Gasteiger charge is 2.04. The summed E-state index contributed by atoms with van der Waals surface area (Å²) < 4.78 is 0. The standard InChI is InChI=1S/C21H28N2S/c1-6-16(2)8-7-9-17(3)18(4)19(5)23-21-12-10-20(11-13-21)22-14-15-24/h7-8,10-13,22-24H,2-6,9,14-15H2,1H3/b8-7-. The van der Waals surface area contributed by atoms with Crippen LogP contribution >= 0.6 is 12.6 Å². The normalized spacial score (nSPS) is 10.4. The molecule has 2 N–H and O–H groups in total. The maximum absolute atomic E-state index is 4.18. The molecule has 0 saturated heterocycles. The molecular formula is C21H28N2S. The zero-order valence-electron chi connectivity index (χ0n) is 14.6. The van der Waals surface area contributed by atoms with Gasteiger partial charge in [0, 0.05) is 29.4 Å². The van der Waals surface area contributed by atoms with Crippen molar-refractivity contribution in [3.05, 3.63) is 85.1 Å². The van der Waals surface area contributed by atoms with Gasteiger partial charge in [-0.1, -0.05) is 51.0 Å². The Hall–Kier alpha value is -2.13. The second-order valence-corrected chi connectivity index (χ2v) is 5.98. The number of anilines is 2. The van der Waals surface area contributed by atoms with Crippen molar-refractivity contribution in [2.45, 2.75) is 19.8 Å². The molecule has 0 aliphatic carbocycles. The van der Waals surface area contributed by atoms with Gasteiger partial charge in [0.25, 0.3) is 0 Å². The average molecular weight is 341 g/mol. The van der Waals surface area contributed by atoms with Gasteiger partial charge in [0.2, 0.25) is 0 Å². The van der Waals surface area contributed by atoms with Gasteiger partial charge in [-0.3, -0.25) is 0 Å². The minimum absolute atomic E-state index is 0.741. The second-order valence-electron chi connectivity index (χ2n) is 5.53. The predicted molar refractivity (Wildman–Crippen MR) is 113 cm³/mol. The van der Waals surface area contributed by atoms with E-state index >= 15 is 0 Å². The van der Waals surface area contributed by atoms with Crippen molar-refractivity contribution < 1.29 is 0 Å². The van der Waals surface area contributed by atoms with Crippen LogP contribution in [0.15, 0.2) is 85.1 Å². The minimum Gasteiger partial charge on any atom is -0.384 e. The largest absolute Gasteiger partial charge is 0.384 e. The number of benzene rings is 1. The van der Waals surface area contributed by atoms with E-state index in [1.807, 2.05) is 30.3 Å². The van der Waals surface area contributed by atoms with Crippen LogP contribution in [-0.2, 0) is 0 Å². The fourth-order valence-electron chi connectivity index (χ4n) is 1.94. The van der Waals surface area contributed by atoms with E-state index in [4.69, 9.17) is 0 Å². The molecule has 24 heavy (non-hydrogen) atoms. The molecular weight excluding hydrogens is 312 g/mol. The van der Waals surface area contributed by atoms with Crippen molar-refractivity contribution in [1.29, 1.82) is 0 Å². The Morgan fingerprint density at radius 2 is 1.71 bits per heavy atom. The smallest absolute Gasteiger partial charge is 0.0385 e. The van der Waals surface area contributed by atoms with Crippen LogP contribution in [0.25, 0.3) is 0 Å². The quantitative estimate of drug-likeness (QED) is 0.341. The van der Waals surface area contributed by atoms with E-state index < -0.39 is 0 Å². The average Bonchev–Trinajstić information content (AvgIpc) is 2.60. The van der Waals surface area contributed by atoms with Crippen LogP contribution in [0.5, 0.6) is 0 Å². The van der Waals surface area contributed by atoms with Gasteiger partial charge in [-0.05, 0) is 48.3 Å². The van der Waals surface area contributed by atoms with Crippen LogP contribution in [0.3, 0.4) is 0 Å². The first-order valence-corrected chi connectivity index (χ1v) is 8.73. The maximum atomic E-state index is 4.18. The van der Waals surface area contributed by atoms with E-state index in [0.29, 0.717) is 0 Å². The third-order valence-electron chi connectivity index (χ3n) is 3.58. The van der Waals surface area contributed by atoms with E-state index in [2.05, 4.69) is 62.6 Å². The molecule has 0 fully saturated rings. The Morgan fingerprint density at radius 3 is 2.29 bits per heavy atom. The predicted octanol–water partition coefficient (Wildman–Crippen LogP) is 5.98. The Morgan fingerprint density at radius 1 is 1.08 bits per heavy atom. The van der Waals surface area contributed by atoms with Crippen LogP contribution in [0.4, 0.5) is 11.4 Å². The Kier molecular flexibility index (Phi) is 8.80. The number of hydrogen-bond acceptors (Lipinski definition) is 3. The molecule has 1 aromatic carbocycles. The highest BCUT2D eigenvalue weighted by atomic mass is 32.1. The highest BCUT2D eigenvalue weighted by Crippen LogP contribution is 2.22. The molecule has 0 bridgehead atoms. The van der Waals surface area contributed by atoms with Crippen LogP contribution < -0.4 is 10.6 Å². The summed E-state index contributed by atoms with van der Waals surface area (Å²) in [5, 5.41) is 6.56. The summed E-state index contributed by atoms with van der Waals surface area (Å²) in [5.41, 5.74) is 5.69. The van der Waals surface area contributed by atoms with Gasteiger partial charge in [0.05, 0.1) is 0 Å². The van der Waals surface area contributed by atoms with Crippen LogP contribution in [0, 0.1) is 0 Å². The topological polar surface area (TPSA) is 24.1 Å². The van der Waals surface area contributed by atoms with Gasteiger partial charge in [0.15, 0.2) is 0 Å². The van der Waals surface area contributed by atoms with Gasteiger partial charge in [-0.25, -0.2) is 0 Å². The molecule has 0 unspecified atom stereocenters. The van der Waals surface area contributed by atoms with E-state index in [-0.39, 0.29) is 0 Å². The third kappa shape index (κ3) is 6.97. The van der Waals surface area contributed by atoms with Crippen LogP contribution in [0.1, 0.15) is 19.8 Å². The van der Waals surface area contributed by atoms with Crippen molar-refractivity contribution in [2.75, 3.05) is 22.9 Å². The first kappa shape index (κ1) is 19.9. The molecule has 1 rings (SSSR count). The fourth-order valence-corrected chi connectivity index (χ4v) is 2.06. The highest BCUT2D eigenvalue weighted by molar-refractivity contribution is 7.80. The van der Waals surface area contributed by atoms with Gasteiger partial charge in [-0.2, -0.15) is 12.6 Å². The van der Waals surface area contributed by atoms with Crippen molar-refractivity contribution >= 4 is 24.0 Å². The first-order valence-electron chi connectivity index (χ1n) is 8.10. The van der Waals surface area contributed by atoms with E-state index in [1.54, 1.807) is 0 Å². The summed E-state index contributed by atoms with van der Waals surface area (Å²) in [6.07, 6.45) is 5.79. The lowest BCUT2D eigenvalue weighted by Gasteiger charge is -2.14. The lowest BCUT2D eigenvalue weighted by atomic mass is 10.0. The molecule has 2 nitrogen and oxygen atoms in total. The van der Waals surface area contributed by atoms with E-state index in [1.165, 1.54) is 0 Å². The second kappa shape index (κ2) is 10.6. The molecule has 0 radical (unpaired) electrons. The first-order chi connectivity index (χ1) is 11.5. The van der Waals surface area contributed by atoms with Crippen molar-refractivity contribution in [1.82, 2.24) is 0 Å². The molecule has 1 aromatic rings. The number of allylic oxidation sites excluding steroid dienone is 4. The van der Waals surface area contributed by atoms with Gasteiger partial charge in [-0.15, -0.1) is 0 Å². The SMILES string of the molecule is C=C(/C=C\CC(=C)C(=C)C(=C)Nc1ccc(NCCS)cc1)CC. The third-order valence-corrected chi connectivity index (χ3v) is 3.81. The van der Waals surface area contributed by atoms with Crippen molar-refractivity contribution in [2.24, 2.45) is 0 Å². The van der Waals surface area contributed by atoms with Crippen molar-refractivity contribution in [3.8, 4) is 0 Å². The summed E-state index contributed by atoms with van der Waals surface area (Å²) >= 11 is 4.18. The van der Waals surface area contributed by atoms with Crippen LogP contribution in [-0.4, -0.2) is 12.3 Å². The molecule has 0 heterocycles. The lowest BCUT2D eigenvalue weighted by molar-refractivity contribution is 1.15. The summed E-state index contributed by atoms with van der Waals surface area (Å²) in [6, 6.07) is 8.06. The Labute approximate surface area is 152 Å². The maximum Gasteiger partial charge on any atom is 0.0385 e. The number of hydrogen-bond donors (Lipinski definition) is 3. The molecule has 0 saturated carbocycles. The zero-order valence-corrected chi connectivity index (χ0v) is 15.5. The molecule has 0 aromatic heterocycles. The molecule has 0 amide bonds. The lowest BCUT2D eigenvalue weighted by Crippen LogP contribution is -2.04. The molecule has 0 atom stereocenters. The van der Waals surface area contributed by atoms with E-state index in [9.17, 15) is 0 Å². The molecule has 3 heteroatoms. The summed E-state index contributed by atoms with van der Waals surface area (Å²) in [4.78, 5) is 0. The number of nitrogens with one attached hydrogen (secondary N) is 2. The summed E-state index contributed by atoms with van der Waals surface area (Å²) in [5.74, 6) is 0.804. The van der Waals surface area contributed by atoms with Crippen molar-refractivity contribution in [3.63, 3.8) is 0 Å². The number of rotatable bonds is 11. The summed E-state index contributed by atoms with van der Waals surface area (Å²) in [7, 11) is 0. The van der Waals surface area contributed by atoms with Gasteiger partial charge < -0.3 is 10.6 Å². The zero-order chi connectivity index (χ0) is 17.9. The molecule has 0 aliphatic heterocycles. The molecule has 128 valence electrons. The minimum atomic E-state index is 0.741. The monoisotopic (exact) mass is 340 g/mol. The Bertz CT molecular complexity index is 624. The molecule has 0 spiro atoms.